The Balaban J connectivity index is 1.68. The van der Waals surface area contributed by atoms with Gasteiger partial charge >= 0.3 is 0 Å². The average molecular weight is 472 g/mol. The highest BCUT2D eigenvalue weighted by Gasteiger charge is 2.11. The van der Waals surface area contributed by atoms with Crippen molar-refractivity contribution in [2.75, 3.05) is 5.32 Å². The molecule has 1 amide bonds. The van der Waals surface area contributed by atoms with Gasteiger partial charge in [0.25, 0.3) is 5.91 Å². The van der Waals surface area contributed by atoms with Crippen molar-refractivity contribution in [3.63, 3.8) is 0 Å². The summed E-state index contributed by atoms with van der Waals surface area (Å²) in [6, 6.07) is 19.3. The molecule has 0 saturated heterocycles. The normalized spacial score (nSPS) is 11.0. The van der Waals surface area contributed by atoms with Crippen molar-refractivity contribution in [1.82, 2.24) is 0 Å². The van der Waals surface area contributed by atoms with E-state index in [9.17, 15) is 10.1 Å². The molecule has 0 bridgehead atoms. The fraction of sp³-hybridized carbons (Fsp3) is 0.0833. The molecule has 0 radical (unpaired) electrons. The number of nitriles is 1. The number of nitrogens with one attached hydrogen (secondary N) is 1. The summed E-state index contributed by atoms with van der Waals surface area (Å²) in [5.74, 6) is 0.117. The lowest BCUT2D eigenvalue weighted by molar-refractivity contribution is -0.112. The van der Waals surface area contributed by atoms with Crippen LogP contribution in [0.2, 0.25) is 15.1 Å². The van der Waals surface area contributed by atoms with Crippen LogP contribution in [0.3, 0.4) is 0 Å². The largest absolute Gasteiger partial charge is 0.489 e. The second-order valence-electron chi connectivity index (χ2n) is 6.68. The van der Waals surface area contributed by atoms with Crippen LogP contribution < -0.4 is 10.1 Å². The molecule has 0 spiro atoms. The molecule has 3 rings (SSSR count). The standard InChI is InChI=1S/C24H17Cl3N2O2/c1-15-2-6-20(26)12-23(15)29-24(30)18(13-28)10-16-3-8-21(9-4-16)31-14-17-5-7-19(25)11-22(17)27/h2-12H,14H2,1H3,(H,29,30)/b18-10+. The fourth-order valence-electron chi connectivity index (χ4n) is 2.69. The van der Waals surface area contributed by atoms with Gasteiger partial charge in [0.05, 0.1) is 0 Å². The molecule has 0 fully saturated rings. The number of halogens is 3. The maximum absolute atomic E-state index is 12.5. The summed E-state index contributed by atoms with van der Waals surface area (Å²) in [6.07, 6.45) is 1.51. The lowest BCUT2D eigenvalue weighted by Crippen LogP contribution is -2.14. The van der Waals surface area contributed by atoms with E-state index in [1.807, 2.05) is 13.0 Å². The number of carbonyl (C=O) groups is 1. The lowest BCUT2D eigenvalue weighted by atomic mass is 10.1. The zero-order chi connectivity index (χ0) is 22.4. The Kier molecular flexibility index (Phi) is 7.59. The van der Waals surface area contributed by atoms with Gasteiger partial charge in [-0.15, -0.1) is 0 Å². The van der Waals surface area contributed by atoms with Crippen molar-refractivity contribution in [2.45, 2.75) is 13.5 Å². The molecular weight excluding hydrogens is 455 g/mol. The Morgan fingerprint density at radius 3 is 2.39 bits per heavy atom. The molecule has 0 heterocycles. The monoisotopic (exact) mass is 470 g/mol. The molecule has 0 aliphatic heterocycles. The van der Waals surface area contributed by atoms with Crippen molar-refractivity contribution >= 4 is 52.5 Å². The third kappa shape index (κ3) is 6.26. The summed E-state index contributed by atoms with van der Waals surface area (Å²) in [5, 5.41) is 13.7. The van der Waals surface area contributed by atoms with Crippen LogP contribution in [-0.2, 0) is 11.4 Å². The minimum atomic E-state index is -0.509. The fourth-order valence-corrected chi connectivity index (χ4v) is 3.33. The third-order valence-corrected chi connectivity index (χ3v) is 5.24. The highest BCUT2D eigenvalue weighted by atomic mass is 35.5. The Labute approximate surface area is 195 Å². The molecule has 0 saturated carbocycles. The predicted octanol–water partition coefficient (Wildman–Crippen LogP) is 7.08. The van der Waals surface area contributed by atoms with Crippen LogP contribution in [0, 0.1) is 18.3 Å². The van der Waals surface area contributed by atoms with Gasteiger partial charge < -0.3 is 10.1 Å². The molecule has 0 aliphatic rings. The Morgan fingerprint density at radius 2 is 1.71 bits per heavy atom. The van der Waals surface area contributed by atoms with Crippen LogP contribution in [0.5, 0.6) is 5.75 Å². The Morgan fingerprint density at radius 1 is 1.03 bits per heavy atom. The van der Waals surface area contributed by atoms with E-state index < -0.39 is 5.91 Å². The molecular formula is C24H17Cl3N2O2. The molecule has 7 heteroatoms. The zero-order valence-electron chi connectivity index (χ0n) is 16.5. The van der Waals surface area contributed by atoms with Gasteiger partial charge in [-0.3, -0.25) is 4.79 Å². The summed E-state index contributed by atoms with van der Waals surface area (Å²) in [6.45, 7) is 2.13. The van der Waals surface area contributed by atoms with Crippen LogP contribution in [-0.4, -0.2) is 5.91 Å². The Hall–Kier alpha value is -2.97. The molecule has 31 heavy (non-hydrogen) atoms. The molecule has 0 aromatic heterocycles. The summed E-state index contributed by atoms with van der Waals surface area (Å²) < 4.78 is 5.74. The minimum Gasteiger partial charge on any atom is -0.489 e. The van der Waals surface area contributed by atoms with Crippen LogP contribution in [0.1, 0.15) is 16.7 Å². The molecule has 3 aromatic carbocycles. The molecule has 0 atom stereocenters. The predicted molar refractivity (Wildman–Crippen MR) is 126 cm³/mol. The van der Waals surface area contributed by atoms with Gasteiger partial charge in [-0.05, 0) is 60.5 Å². The molecule has 0 unspecified atom stereocenters. The van der Waals surface area contributed by atoms with E-state index in [1.54, 1.807) is 60.7 Å². The first kappa shape index (κ1) is 22.7. The number of rotatable bonds is 6. The first-order chi connectivity index (χ1) is 14.9. The van der Waals surface area contributed by atoms with Crippen LogP contribution >= 0.6 is 34.8 Å². The van der Waals surface area contributed by atoms with E-state index in [2.05, 4.69) is 5.32 Å². The highest BCUT2D eigenvalue weighted by molar-refractivity contribution is 6.35. The Bertz CT molecular complexity index is 1180. The second-order valence-corrected chi connectivity index (χ2v) is 7.96. The number of amides is 1. The zero-order valence-corrected chi connectivity index (χ0v) is 18.7. The van der Waals surface area contributed by atoms with Crippen LogP contribution in [0.15, 0.2) is 66.2 Å². The second kappa shape index (κ2) is 10.4. The van der Waals surface area contributed by atoms with Gasteiger partial charge in [0, 0.05) is 26.3 Å². The summed E-state index contributed by atoms with van der Waals surface area (Å²) in [5.41, 5.74) is 2.88. The van der Waals surface area contributed by atoms with Crippen LogP contribution in [0.4, 0.5) is 5.69 Å². The molecule has 4 nitrogen and oxygen atoms in total. The number of benzene rings is 3. The quantitative estimate of drug-likeness (QED) is 0.308. The van der Waals surface area contributed by atoms with Gasteiger partial charge in [-0.2, -0.15) is 5.26 Å². The van der Waals surface area contributed by atoms with E-state index in [-0.39, 0.29) is 12.2 Å². The van der Waals surface area contributed by atoms with Crippen molar-refractivity contribution in [1.29, 1.82) is 5.26 Å². The van der Waals surface area contributed by atoms with E-state index >= 15 is 0 Å². The van der Waals surface area contributed by atoms with E-state index in [4.69, 9.17) is 39.5 Å². The number of aryl methyl sites for hydroxylation is 1. The summed E-state index contributed by atoms with van der Waals surface area (Å²) in [4.78, 5) is 12.5. The van der Waals surface area contributed by atoms with Gasteiger partial charge in [0.1, 0.15) is 24.0 Å². The van der Waals surface area contributed by atoms with Crippen molar-refractivity contribution < 1.29 is 9.53 Å². The van der Waals surface area contributed by atoms with Gasteiger partial charge in [0.2, 0.25) is 0 Å². The number of hydrogen-bond donors (Lipinski definition) is 1. The molecule has 3 aromatic rings. The number of anilines is 1. The van der Waals surface area contributed by atoms with E-state index in [0.717, 1.165) is 11.1 Å². The number of carbonyl (C=O) groups excluding carboxylic acids is 1. The first-order valence-electron chi connectivity index (χ1n) is 9.22. The molecule has 1 N–H and O–H groups in total. The van der Waals surface area contributed by atoms with E-state index in [1.165, 1.54) is 6.08 Å². The topological polar surface area (TPSA) is 62.1 Å². The maximum atomic E-state index is 12.5. The first-order valence-corrected chi connectivity index (χ1v) is 10.3. The SMILES string of the molecule is Cc1ccc(Cl)cc1NC(=O)/C(C#N)=C/c1ccc(OCc2ccc(Cl)cc2Cl)cc1. The summed E-state index contributed by atoms with van der Waals surface area (Å²) in [7, 11) is 0. The smallest absolute Gasteiger partial charge is 0.266 e. The van der Waals surface area contributed by atoms with Crippen LogP contribution in [0.25, 0.3) is 6.08 Å². The van der Waals surface area contributed by atoms with Gasteiger partial charge in [-0.1, -0.05) is 59.1 Å². The van der Waals surface area contributed by atoms with E-state index in [0.29, 0.717) is 32.1 Å². The molecule has 156 valence electrons. The van der Waals surface area contributed by atoms with Gasteiger partial charge in [0.15, 0.2) is 0 Å². The van der Waals surface area contributed by atoms with Crippen molar-refractivity contribution in [3.8, 4) is 11.8 Å². The maximum Gasteiger partial charge on any atom is 0.266 e. The number of ether oxygens (including phenoxy) is 1. The highest BCUT2D eigenvalue weighted by Crippen LogP contribution is 2.24. The lowest BCUT2D eigenvalue weighted by Gasteiger charge is -2.09. The minimum absolute atomic E-state index is 0.0269. The van der Waals surface area contributed by atoms with Gasteiger partial charge in [-0.25, -0.2) is 0 Å². The molecule has 0 aliphatic carbocycles. The van der Waals surface area contributed by atoms with Crippen molar-refractivity contribution in [2.24, 2.45) is 0 Å². The average Bonchev–Trinajstić information content (AvgIpc) is 2.74. The number of hydrogen-bond acceptors (Lipinski definition) is 3. The van der Waals surface area contributed by atoms with Crippen molar-refractivity contribution in [3.05, 3.63) is 98.0 Å². The number of nitrogens with zero attached hydrogens (tertiary/aromatic N) is 1. The third-order valence-electron chi connectivity index (χ3n) is 4.41. The summed E-state index contributed by atoms with van der Waals surface area (Å²) >= 11 is 18.0.